The van der Waals surface area contributed by atoms with Gasteiger partial charge in [-0.05, 0) is 18.1 Å². The molecule has 0 aliphatic rings. The van der Waals surface area contributed by atoms with Crippen molar-refractivity contribution in [3.63, 3.8) is 0 Å². The molecule has 0 spiro atoms. The molecule has 0 fully saturated rings. The average molecular weight is 261 g/mol. The number of benzene rings is 1. The zero-order valence-electron chi connectivity index (χ0n) is 11.3. The molecule has 0 saturated heterocycles. The van der Waals surface area contributed by atoms with Crippen molar-refractivity contribution in [3.05, 3.63) is 42.0 Å². The normalized spacial score (nSPS) is 11.7. The van der Waals surface area contributed by atoms with E-state index in [-0.39, 0.29) is 17.0 Å². The number of nitrogen functional groups attached to an aromatic ring is 1. The summed E-state index contributed by atoms with van der Waals surface area (Å²) >= 11 is 0. The lowest BCUT2D eigenvalue weighted by molar-refractivity contribution is -0.119. The zero-order chi connectivity index (χ0) is 14.4. The third-order valence-electron chi connectivity index (χ3n) is 2.96. The van der Waals surface area contributed by atoms with Crippen molar-refractivity contribution in [2.45, 2.75) is 25.7 Å². The predicted molar refractivity (Wildman–Crippen MR) is 75.0 cm³/mol. The van der Waals surface area contributed by atoms with Crippen LogP contribution in [-0.2, 0) is 9.53 Å². The van der Waals surface area contributed by atoms with Crippen LogP contribution in [0.5, 0.6) is 0 Å². The molecular formula is C15H19NO3. The first-order valence-electron chi connectivity index (χ1n) is 6.18. The van der Waals surface area contributed by atoms with Crippen molar-refractivity contribution in [1.82, 2.24) is 0 Å². The molecular weight excluding hydrogens is 242 g/mol. The summed E-state index contributed by atoms with van der Waals surface area (Å²) in [6, 6.07) is 5.00. The second-order valence-corrected chi connectivity index (χ2v) is 4.23. The van der Waals surface area contributed by atoms with Gasteiger partial charge in [0.1, 0.15) is 5.78 Å². The molecule has 0 aromatic heterocycles. The third kappa shape index (κ3) is 3.22. The fourth-order valence-electron chi connectivity index (χ4n) is 1.98. The van der Waals surface area contributed by atoms with Crippen LogP contribution in [0.25, 0.3) is 0 Å². The third-order valence-corrected chi connectivity index (χ3v) is 2.96. The largest absolute Gasteiger partial charge is 0.465 e. The monoisotopic (exact) mass is 261 g/mol. The fourth-order valence-corrected chi connectivity index (χ4v) is 1.98. The predicted octanol–water partition coefficient (Wildman–Crippen LogP) is 2.69. The van der Waals surface area contributed by atoms with Crippen molar-refractivity contribution in [1.29, 1.82) is 0 Å². The van der Waals surface area contributed by atoms with Crippen LogP contribution in [0.1, 0.15) is 41.6 Å². The molecule has 19 heavy (non-hydrogen) atoms. The molecule has 4 nitrogen and oxygen atoms in total. The Morgan fingerprint density at radius 1 is 1.47 bits per heavy atom. The summed E-state index contributed by atoms with van der Waals surface area (Å²) in [4.78, 5) is 23.6. The summed E-state index contributed by atoms with van der Waals surface area (Å²) in [6.45, 7) is 5.62. The van der Waals surface area contributed by atoms with Gasteiger partial charge in [-0.25, -0.2) is 4.79 Å². The number of nitrogens with two attached hydrogens (primary N) is 1. The minimum atomic E-state index is -0.509. The highest BCUT2D eigenvalue weighted by atomic mass is 16.5. The molecule has 4 heteroatoms. The Hall–Kier alpha value is -2.10. The summed E-state index contributed by atoms with van der Waals surface area (Å²) in [5.41, 5.74) is 7.13. The number of hydrogen-bond donors (Lipinski definition) is 1. The maximum absolute atomic E-state index is 12.0. The Morgan fingerprint density at radius 3 is 2.68 bits per heavy atom. The lowest BCUT2D eigenvalue weighted by Crippen LogP contribution is -2.14. The lowest BCUT2D eigenvalue weighted by Gasteiger charge is -2.15. The van der Waals surface area contributed by atoms with Crippen LogP contribution >= 0.6 is 0 Å². The van der Waals surface area contributed by atoms with E-state index >= 15 is 0 Å². The number of anilines is 1. The maximum Gasteiger partial charge on any atom is 0.339 e. The number of esters is 1. The van der Waals surface area contributed by atoms with Crippen LogP contribution in [0.15, 0.2) is 30.9 Å². The number of para-hydroxylation sites is 1. The minimum absolute atomic E-state index is 0.0474. The summed E-state index contributed by atoms with van der Waals surface area (Å²) in [6.07, 6.45) is 2.78. The van der Waals surface area contributed by atoms with E-state index in [1.807, 2.05) is 6.92 Å². The number of rotatable bonds is 6. The molecule has 102 valence electrons. The summed E-state index contributed by atoms with van der Waals surface area (Å²) in [5.74, 6) is -0.944. The van der Waals surface area contributed by atoms with Crippen molar-refractivity contribution in [2.24, 2.45) is 0 Å². The highest BCUT2D eigenvalue weighted by Gasteiger charge is 2.21. The highest BCUT2D eigenvalue weighted by Crippen LogP contribution is 2.28. The topological polar surface area (TPSA) is 69.4 Å². The summed E-state index contributed by atoms with van der Waals surface area (Å²) in [5, 5.41) is 0. The SMILES string of the molecule is C=CC(C(=O)CCC)c1cccc(C(=O)OC)c1N. The Labute approximate surface area is 113 Å². The van der Waals surface area contributed by atoms with Crippen LogP contribution in [-0.4, -0.2) is 18.9 Å². The second kappa shape index (κ2) is 6.73. The van der Waals surface area contributed by atoms with Crippen molar-refractivity contribution in [3.8, 4) is 0 Å². The summed E-state index contributed by atoms with van der Waals surface area (Å²) < 4.78 is 4.66. The zero-order valence-corrected chi connectivity index (χ0v) is 11.3. The van der Waals surface area contributed by atoms with Gasteiger partial charge < -0.3 is 10.5 Å². The van der Waals surface area contributed by atoms with E-state index in [2.05, 4.69) is 11.3 Å². The fraction of sp³-hybridized carbons (Fsp3) is 0.333. The quantitative estimate of drug-likeness (QED) is 0.485. The molecule has 0 radical (unpaired) electrons. The van der Waals surface area contributed by atoms with E-state index in [0.717, 1.165) is 6.42 Å². The molecule has 2 N–H and O–H groups in total. The van der Waals surface area contributed by atoms with Gasteiger partial charge in [-0.2, -0.15) is 0 Å². The molecule has 0 aliphatic carbocycles. The van der Waals surface area contributed by atoms with E-state index in [9.17, 15) is 9.59 Å². The molecule has 0 amide bonds. The van der Waals surface area contributed by atoms with E-state index in [4.69, 9.17) is 5.73 Å². The Bertz CT molecular complexity index is 494. The van der Waals surface area contributed by atoms with Crippen LogP contribution in [0.2, 0.25) is 0 Å². The first-order chi connectivity index (χ1) is 9.06. The van der Waals surface area contributed by atoms with Gasteiger partial charge in [0.15, 0.2) is 0 Å². The van der Waals surface area contributed by atoms with E-state index < -0.39 is 11.9 Å². The Morgan fingerprint density at radius 2 is 2.16 bits per heavy atom. The molecule has 0 heterocycles. The second-order valence-electron chi connectivity index (χ2n) is 4.23. The van der Waals surface area contributed by atoms with Gasteiger partial charge in [0, 0.05) is 6.42 Å². The van der Waals surface area contributed by atoms with Crippen LogP contribution in [0.4, 0.5) is 5.69 Å². The average Bonchev–Trinajstić information content (AvgIpc) is 2.41. The Balaban J connectivity index is 3.22. The van der Waals surface area contributed by atoms with Gasteiger partial charge >= 0.3 is 5.97 Å². The number of carbonyl (C=O) groups excluding carboxylic acids is 2. The maximum atomic E-state index is 12.0. The van der Waals surface area contributed by atoms with E-state index in [1.54, 1.807) is 24.3 Å². The number of ether oxygens (including phenoxy) is 1. The molecule has 1 rings (SSSR count). The summed E-state index contributed by atoms with van der Waals surface area (Å²) in [7, 11) is 1.29. The number of allylic oxidation sites excluding steroid dienone is 1. The standard InChI is InChI=1S/C15H19NO3/c1-4-7-13(17)10(5-2)11-8-6-9-12(14(11)16)15(18)19-3/h5-6,8-10H,2,4,7,16H2,1,3H3. The number of methoxy groups -OCH3 is 1. The smallest absolute Gasteiger partial charge is 0.339 e. The molecule has 0 aliphatic heterocycles. The minimum Gasteiger partial charge on any atom is -0.465 e. The van der Waals surface area contributed by atoms with Crippen molar-refractivity contribution >= 4 is 17.4 Å². The van der Waals surface area contributed by atoms with Crippen LogP contribution in [0, 0.1) is 0 Å². The van der Waals surface area contributed by atoms with Gasteiger partial charge in [-0.3, -0.25) is 4.79 Å². The van der Waals surface area contributed by atoms with Crippen LogP contribution in [0.3, 0.4) is 0 Å². The molecule has 1 aromatic rings. The van der Waals surface area contributed by atoms with Gasteiger partial charge in [0.25, 0.3) is 0 Å². The first-order valence-corrected chi connectivity index (χ1v) is 6.18. The molecule has 1 unspecified atom stereocenters. The molecule has 0 saturated carbocycles. The van der Waals surface area contributed by atoms with E-state index in [1.165, 1.54) is 7.11 Å². The van der Waals surface area contributed by atoms with Gasteiger partial charge in [-0.1, -0.05) is 25.1 Å². The van der Waals surface area contributed by atoms with Gasteiger partial charge in [0.2, 0.25) is 0 Å². The number of Topliss-reactive ketones (excluding diaryl/α,β-unsaturated/α-hetero) is 1. The number of carbonyl (C=O) groups is 2. The van der Waals surface area contributed by atoms with Gasteiger partial charge in [-0.15, -0.1) is 6.58 Å². The number of ketones is 1. The molecule has 1 atom stereocenters. The van der Waals surface area contributed by atoms with Crippen molar-refractivity contribution in [2.75, 3.05) is 12.8 Å². The van der Waals surface area contributed by atoms with Crippen LogP contribution < -0.4 is 5.73 Å². The number of hydrogen-bond acceptors (Lipinski definition) is 4. The van der Waals surface area contributed by atoms with Crippen molar-refractivity contribution < 1.29 is 14.3 Å². The molecule has 0 bridgehead atoms. The molecule has 1 aromatic carbocycles. The lowest BCUT2D eigenvalue weighted by atomic mass is 9.90. The Kier molecular flexibility index (Phi) is 5.30. The highest BCUT2D eigenvalue weighted by molar-refractivity contribution is 5.98. The van der Waals surface area contributed by atoms with Gasteiger partial charge in [0.05, 0.1) is 24.3 Å². The first kappa shape index (κ1) is 15.0. The van der Waals surface area contributed by atoms with E-state index in [0.29, 0.717) is 12.0 Å².